The van der Waals surface area contributed by atoms with Gasteiger partial charge >= 0.3 is 5.97 Å². The number of hydrogen-bond acceptors (Lipinski definition) is 4. The van der Waals surface area contributed by atoms with E-state index in [9.17, 15) is 14.7 Å². The van der Waals surface area contributed by atoms with Crippen LogP contribution in [0.3, 0.4) is 0 Å². The molecule has 5 nitrogen and oxygen atoms in total. The monoisotopic (exact) mass is 286 g/mol. The zero-order chi connectivity index (χ0) is 15.4. The minimum Gasteiger partial charge on any atom is -0.496 e. The lowest BCUT2D eigenvalue weighted by Gasteiger charge is -2.13. The molecular formula is C16H14O5. The Morgan fingerprint density at radius 1 is 0.857 bits per heavy atom. The van der Waals surface area contributed by atoms with Crippen molar-refractivity contribution in [2.75, 3.05) is 14.2 Å². The van der Waals surface area contributed by atoms with E-state index >= 15 is 0 Å². The number of carbonyl (C=O) groups is 2. The van der Waals surface area contributed by atoms with Crippen molar-refractivity contribution in [3.05, 3.63) is 59.2 Å². The average Bonchev–Trinajstić information content (AvgIpc) is 2.53. The van der Waals surface area contributed by atoms with Crippen molar-refractivity contribution >= 4 is 11.8 Å². The predicted octanol–water partition coefficient (Wildman–Crippen LogP) is 2.63. The second-order valence-corrected chi connectivity index (χ2v) is 4.22. The molecule has 0 unspecified atom stereocenters. The van der Waals surface area contributed by atoms with Crippen LogP contribution in [0, 0.1) is 0 Å². The summed E-state index contributed by atoms with van der Waals surface area (Å²) >= 11 is 0. The quantitative estimate of drug-likeness (QED) is 0.855. The topological polar surface area (TPSA) is 72.8 Å². The summed E-state index contributed by atoms with van der Waals surface area (Å²) < 4.78 is 10.4. The highest BCUT2D eigenvalue weighted by Gasteiger charge is 2.23. The molecule has 0 spiro atoms. The molecule has 0 heterocycles. The minimum atomic E-state index is -1.16. The summed E-state index contributed by atoms with van der Waals surface area (Å²) in [5.74, 6) is -0.950. The van der Waals surface area contributed by atoms with Crippen molar-refractivity contribution in [3.8, 4) is 11.5 Å². The van der Waals surface area contributed by atoms with Crippen LogP contribution in [0.4, 0.5) is 0 Å². The van der Waals surface area contributed by atoms with Crippen LogP contribution in [-0.4, -0.2) is 31.1 Å². The highest BCUT2D eigenvalue weighted by atomic mass is 16.5. The lowest BCUT2D eigenvalue weighted by molar-refractivity contribution is 0.0692. The van der Waals surface area contributed by atoms with E-state index in [0.717, 1.165) is 0 Å². The van der Waals surface area contributed by atoms with E-state index in [1.165, 1.54) is 26.4 Å². The third-order valence-corrected chi connectivity index (χ3v) is 3.06. The summed E-state index contributed by atoms with van der Waals surface area (Å²) in [7, 11) is 2.88. The fourth-order valence-corrected chi connectivity index (χ4v) is 2.08. The summed E-state index contributed by atoms with van der Waals surface area (Å²) in [6.45, 7) is 0. The summed E-state index contributed by atoms with van der Waals surface area (Å²) in [5.41, 5.74) is 0.236. The molecule has 0 radical (unpaired) electrons. The Morgan fingerprint density at radius 3 is 1.86 bits per heavy atom. The molecule has 2 rings (SSSR count). The smallest absolute Gasteiger partial charge is 0.336 e. The SMILES string of the molecule is COc1cccc(OC)c1C(=O)c1ccccc1C(=O)O. The number of hydrogen-bond donors (Lipinski definition) is 1. The Balaban J connectivity index is 2.63. The predicted molar refractivity (Wildman–Crippen MR) is 76.4 cm³/mol. The van der Waals surface area contributed by atoms with Gasteiger partial charge in [0.2, 0.25) is 5.78 Å². The maximum Gasteiger partial charge on any atom is 0.336 e. The largest absolute Gasteiger partial charge is 0.496 e. The first-order valence-electron chi connectivity index (χ1n) is 6.18. The summed E-state index contributed by atoms with van der Waals surface area (Å²) in [5, 5.41) is 9.20. The van der Waals surface area contributed by atoms with Crippen molar-refractivity contribution in [1.82, 2.24) is 0 Å². The zero-order valence-electron chi connectivity index (χ0n) is 11.6. The number of aromatic carboxylic acids is 1. The second-order valence-electron chi connectivity index (χ2n) is 4.22. The van der Waals surface area contributed by atoms with Gasteiger partial charge in [-0.15, -0.1) is 0 Å². The van der Waals surface area contributed by atoms with Gasteiger partial charge < -0.3 is 14.6 Å². The Morgan fingerprint density at radius 2 is 1.38 bits per heavy atom. The van der Waals surface area contributed by atoms with E-state index in [0.29, 0.717) is 11.5 Å². The van der Waals surface area contributed by atoms with Gasteiger partial charge in [-0.25, -0.2) is 4.79 Å². The number of carbonyl (C=O) groups excluding carboxylic acids is 1. The number of benzene rings is 2. The van der Waals surface area contributed by atoms with Crippen LogP contribution < -0.4 is 9.47 Å². The van der Waals surface area contributed by atoms with Gasteiger partial charge in [0, 0.05) is 5.56 Å². The number of methoxy groups -OCH3 is 2. The van der Waals surface area contributed by atoms with Gasteiger partial charge in [-0.2, -0.15) is 0 Å². The van der Waals surface area contributed by atoms with E-state index in [-0.39, 0.29) is 16.7 Å². The van der Waals surface area contributed by atoms with Gasteiger partial charge in [-0.3, -0.25) is 4.79 Å². The Kier molecular flexibility index (Phi) is 4.23. The molecule has 0 saturated heterocycles. The highest BCUT2D eigenvalue weighted by molar-refractivity contribution is 6.16. The van der Waals surface area contributed by atoms with Gasteiger partial charge in [0.15, 0.2) is 0 Å². The molecule has 0 bridgehead atoms. The van der Waals surface area contributed by atoms with Gasteiger partial charge in [0.25, 0.3) is 0 Å². The Bertz CT molecular complexity index is 669. The molecule has 0 aliphatic heterocycles. The number of carboxylic acids is 1. The normalized spacial score (nSPS) is 10.0. The molecule has 0 aliphatic rings. The highest BCUT2D eigenvalue weighted by Crippen LogP contribution is 2.31. The molecule has 0 aliphatic carbocycles. The van der Waals surface area contributed by atoms with Crippen molar-refractivity contribution in [2.45, 2.75) is 0 Å². The van der Waals surface area contributed by atoms with Gasteiger partial charge in [-0.1, -0.05) is 24.3 Å². The third kappa shape index (κ3) is 2.72. The lowest BCUT2D eigenvalue weighted by atomic mass is 9.97. The first-order chi connectivity index (χ1) is 10.1. The number of ether oxygens (including phenoxy) is 2. The fraction of sp³-hybridized carbons (Fsp3) is 0.125. The molecule has 0 atom stereocenters. The minimum absolute atomic E-state index is 0.0598. The summed E-state index contributed by atoms with van der Waals surface area (Å²) in [6, 6.07) is 11.0. The molecule has 2 aromatic rings. The van der Waals surface area contributed by atoms with Crippen LogP contribution in [0.15, 0.2) is 42.5 Å². The van der Waals surface area contributed by atoms with Crippen molar-refractivity contribution < 1.29 is 24.2 Å². The number of ketones is 1. The van der Waals surface area contributed by atoms with Crippen LogP contribution in [0.25, 0.3) is 0 Å². The van der Waals surface area contributed by atoms with Crippen LogP contribution in [0.5, 0.6) is 11.5 Å². The molecule has 5 heteroatoms. The Labute approximate surface area is 121 Å². The van der Waals surface area contributed by atoms with E-state index < -0.39 is 11.8 Å². The van der Waals surface area contributed by atoms with E-state index in [1.54, 1.807) is 30.3 Å². The fourth-order valence-electron chi connectivity index (χ4n) is 2.08. The van der Waals surface area contributed by atoms with E-state index in [2.05, 4.69) is 0 Å². The number of carboxylic acid groups (broad SMARTS) is 1. The summed E-state index contributed by atoms with van der Waals surface area (Å²) in [4.78, 5) is 24.0. The first kappa shape index (κ1) is 14.6. The molecule has 0 amide bonds. The van der Waals surface area contributed by atoms with Crippen molar-refractivity contribution in [1.29, 1.82) is 0 Å². The standard InChI is InChI=1S/C16H14O5/c1-20-12-8-5-9-13(21-2)14(12)15(17)10-6-3-4-7-11(10)16(18)19/h3-9H,1-2H3,(H,18,19). The molecule has 21 heavy (non-hydrogen) atoms. The van der Waals surface area contributed by atoms with Gasteiger partial charge in [0.1, 0.15) is 17.1 Å². The molecule has 0 aromatic heterocycles. The average molecular weight is 286 g/mol. The summed E-state index contributed by atoms with van der Waals surface area (Å²) in [6.07, 6.45) is 0. The lowest BCUT2D eigenvalue weighted by Crippen LogP contribution is -2.11. The molecule has 0 saturated carbocycles. The first-order valence-corrected chi connectivity index (χ1v) is 6.18. The van der Waals surface area contributed by atoms with Crippen LogP contribution in [0.1, 0.15) is 26.3 Å². The Hall–Kier alpha value is -2.82. The van der Waals surface area contributed by atoms with Gasteiger partial charge in [-0.05, 0) is 18.2 Å². The van der Waals surface area contributed by atoms with Gasteiger partial charge in [0.05, 0.1) is 19.8 Å². The maximum absolute atomic E-state index is 12.7. The molecule has 0 fully saturated rings. The maximum atomic E-state index is 12.7. The van der Waals surface area contributed by atoms with Crippen molar-refractivity contribution in [3.63, 3.8) is 0 Å². The molecule has 1 N–H and O–H groups in total. The van der Waals surface area contributed by atoms with Crippen LogP contribution in [0.2, 0.25) is 0 Å². The van der Waals surface area contributed by atoms with Crippen LogP contribution >= 0.6 is 0 Å². The molecular weight excluding hydrogens is 272 g/mol. The zero-order valence-corrected chi connectivity index (χ0v) is 11.6. The van der Waals surface area contributed by atoms with E-state index in [1.807, 2.05) is 0 Å². The third-order valence-electron chi connectivity index (χ3n) is 3.06. The van der Waals surface area contributed by atoms with E-state index in [4.69, 9.17) is 9.47 Å². The molecule has 2 aromatic carbocycles. The van der Waals surface area contributed by atoms with Crippen molar-refractivity contribution in [2.24, 2.45) is 0 Å². The second kappa shape index (κ2) is 6.09. The van der Waals surface area contributed by atoms with Crippen LogP contribution in [-0.2, 0) is 0 Å². The number of rotatable bonds is 5. The molecule has 108 valence electrons.